The van der Waals surface area contributed by atoms with Crippen molar-refractivity contribution in [3.8, 4) is 0 Å². The highest BCUT2D eigenvalue weighted by Gasteiger charge is 2.50. The van der Waals surface area contributed by atoms with Gasteiger partial charge in [0.25, 0.3) is 0 Å². The maximum absolute atomic E-state index is 12.1. The van der Waals surface area contributed by atoms with Crippen molar-refractivity contribution in [1.29, 1.82) is 0 Å². The van der Waals surface area contributed by atoms with Gasteiger partial charge in [-0.05, 0) is 63.6 Å². The summed E-state index contributed by atoms with van der Waals surface area (Å²) in [5, 5.41) is 3.49. The molecule has 1 amide bonds. The van der Waals surface area contributed by atoms with Gasteiger partial charge in [0, 0.05) is 6.54 Å². The molecule has 19 heavy (non-hydrogen) atoms. The van der Waals surface area contributed by atoms with Crippen molar-refractivity contribution in [3.05, 3.63) is 0 Å². The SMILES string of the molecule is CCCNC(CN1CCC(C)CC1)(C(N)=O)C1CC1. The predicted molar refractivity (Wildman–Crippen MR) is 77.8 cm³/mol. The molecule has 0 bridgehead atoms. The van der Waals surface area contributed by atoms with E-state index in [1.807, 2.05) is 0 Å². The molecule has 0 radical (unpaired) electrons. The lowest BCUT2D eigenvalue weighted by Gasteiger charge is -2.39. The van der Waals surface area contributed by atoms with Crippen LogP contribution in [0.25, 0.3) is 0 Å². The minimum Gasteiger partial charge on any atom is -0.368 e. The Bertz CT molecular complexity index is 309. The molecule has 2 fully saturated rings. The first-order valence-electron chi connectivity index (χ1n) is 7.85. The molecule has 1 atom stereocenters. The van der Waals surface area contributed by atoms with Gasteiger partial charge in [-0.15, -0.1) is 0 Å². The molecule has 1 unspecified atom stereocenters. The molecule has 0 aromatic rings. The molecule has 3 N–H and O–H groups in total. The van der Waals surface area contributed by atoms with Gasteiger partial charge >= 0.3 is 0 Å². The van der Waals surface area contributed by atoms with Crippen molar-refractivity contribution in [2.24, 2.45) is 17.6 Å². The number of nitrogens with one attached hydrogen (secondary N) is 1. The highest BCUT2D eigenvalue weighted by molar-refractivity contribution is 5.86. The monoisotopic (exact) mass is 267 g/mol. The van der Waals surface area contributed by atoms with Crippen LogP contribution in [0.1, 0.15) is 46.0 Å². The second-order valence-corrected chi connectivity index (χ2v) is 6.50. The van der Waals surface area contributed by atoms with Crippen LogP contribution in [0.15, 0.2) is 0 Å². The minimum atomic E-state index is -0.476. The Kier molecular flexibility index (Phi) is 4.85. The standard InChI is InChI=1S/C15H29N3O/c1-3-8-17-15(14(16)19,13-4-5-13)11-18-9-6-12(2)7-10-18/h12-13,17H,3-11H2,1-2H3,(H2,16,19). The minimum absolute atomic E-state index is 0.151. The summed E-state index contributed by atoms with van der Waals surface area (Å²) in [7, 11) is 0. The number of primary amides is 1. The summed E-state index contributed by atoms with van der Waals surface area (Å²) in [6, 6.07) is 0. The van der Waals surface area contributed by atoms with Gasteiger partial charge in [-0.2, -0.15) is 0 Å². The number of carbonyl (C=O) groups is 1. The lowest BCUT2D eigenvalue weighted by Crippen LogP contribution is -2.63. The van der Waals surface area contributed by atoms with E-state index in [9.17, 15) is 4.79 Å². The molecule has 1 aliphatic carbocycles. The molecule has 4 nitrogen and oxygen atoms in total. The van der Waals surface area contributed by atoms with Gasteiger partial charge in [-0.1, -0.05) is 13.8 Å². The van der Waals surface area contributed by atoms with Crippen molar-refractivity contribution in [3.63, 3.8) is 0 Å². The maximum atomic E-state index is 12.1. The molecule has 0 aromatic carbocycles. The Labute approximate surface area is 117 Å². The molecule has 1 heterocycles. The zero-order chi connectivity index (χ0) is 13.9. The van der Waals surface area contributed by atoms with Crippen molar-refractivity contribution in [2.75, 3.05) is 26.2 Å². The van der Waals surface area contributed by atoms with E-state index in [0.717, 1.165) is 51.4 Å². The van der Waals surface area contributed by atoms with E-state index in [-0.39, 0.29) is 5.91 Å². The van der Waals surface area contributed by atoms with Crippen LogP contribution in [0, 0.1) is 11.8 Å². The Morgan fingerprint density at radius 3 is 2.42 bits per heavy atom. The summed E-state index contributed by atoms with van der Waals surface area (Å²) in [5.41, 5.74) is 5.29. The summed E-state index contributed by atoms with van der Waals surface area (Å²) >= 11 is 0. The molecule has 1 saturated heterocycles. The van der Waals surface area contributed by atoms with Crippen molar-refractivity contribution >= 4 is 5.91 Å². The number of hydrogen-bond acceptors (Lipinski definition) is 3. The summed E-state index contributed by atoms with van der Waals surface area (Å²) in [6.07, 6.45) is 5.81. The lowest BCUT2D eigenvalue weighted by atomic mass is 9.89. The number of hydrogen-bond donors (Lipinski definition) is 2. The Hall–Kier alpha value is -0.610. The third kappa shape index (κ3) is 3.48. The van der Waals surface area contributed by atoms with Gasteiger partial charge in [-0.3, -0.25) is 4.79 Å². The van der Waals surface area contributed by atoms with Crippen molar-refractivity contribution in [2.45, 2.75) is 51.5 Å². The lowest BCUT2D eigenvalue weighted by molar-refractivity contribution is -0.126. The number of amides is 1. The molecule has 4 heteroatoms. The van der Waals surface area contributed by atoms with E-state index >= 15 is 0 Å². The molecule has 0 spiro atoms. The van der Waals surface area contributed by atoms with Crippen LogP contribution < -0.4 is 11.1 Å². The number of piperidine rings is 1. The van der Waals surface area contributed by atoms with E-state index in [1.54, 1.807) is 0 Å². The van der Waals surface area contributed by atoms with Gasteiger partial charge < -0.3 is 16.0 Å². The second kappa shape index (κ2) is 6.23. The van der Waals surface area contributed by atoms with Gasteiger partial charge in [0.15, 0.2) is 0 Å². The fourth-order valence-electron chi connectivity index (χ4n) is 3.19. The molecular formula is C15H29N3O. The van der Waals surface area contributed by atoms with Gasteiger partial charge in [0.05, 0.1) is 0 Å². The average Bonchev–Trinajstić information content (AvgIpc) is 3.21. The number of nitrogens with two attached hydrogens (primary N) is 1. The maximum Gasteiger partial charge on any atom is 0.239 e. The number of carbonyl (C=O) groups excluding carboxylic acids is 1. The van der Waals surface area contributed by atoms with Crippen LogP contribution in [0.5, 0.6) is 0 Å². The fourth-order valence-corrected chi connectivity index (χ4v) is 3.19. The van der Waals surface area contributed by atoms with Gasteiger partial charge in [0.2, 0.25) is 5.91 Å². The molecule has 1 saturated carbocycles. The van der Waals surface area contributed by atoms with Gasteiger partial charge in [-0.25, -0.2) is 0 Å². The first-order valence-corrected chi connectivity index (χ1v) is 7.85. The third-order valence-corrected chi connectivity index (χ3v) is 4.75. The molecule has 2 aliphatic rings. The number of nitrogens with zero attached hydrogens (tertiary/aromatic N) is 1. The van der Waals surface area contributed by atoms with Crippen LogP contribution in [0.3, 0.4) is 0 Å². The highest BCUT2D eigenvalue weighted by Crippen LogP contribution is 2.40. The van der Waals surface area contributed by atoms with E-state index in [4.69, 9.17) is 5.73 Å². The van der Waals surface area contributed by atoms with E-state index in [1.165, 1.54) is 12.8 Å². The zero-order valence-electron chi connectivity index (χ0n) is 12.5. The molecule has 1 aliphatic heterocycles. The summed E-state index contributed by atoms with van der Waals surface area (Å²) < 4.78 is 0. The third-order valence-electron chi connectivity index (χ3n) is 4.75. The summed E-state index contributed by atoms with van der Waals surface area (Å²) in [6.45, 7) is 8.35. The summed E-state index contributed by atoms with van der Waals surface area (Å²) in [4.78, 5) is 14.5. The molecule has 0 aromatic heterocycles. The topological polar surface area (TPSA) is 58.4 Å². The molecular weight excluding hydrogens is 238 g/mol. The normalized spacial score (nSPS) is 25.2. The largest absolute Gasteiger partial charge is 0.368 e. The molecule has 110 valence electrons. The summed E-state index contributed by atoms with van der Waals surface area (Å²) in [5.74, 6) is 1.13. The first kappa shape index (κ1) is 14.8. The van der Waals surface area contributed by atoms with E-state index in [2.05, 4.69) is 24.1 Å². The zero-order valence-corrected chi connectivity index (χ0v) is 12.5. The first-order chi connectivity index (χ1) is 9.08. The Balaban J connectivity index is 2.01. The van der Waals surface area contributed by atoms with Crippen LogP contribution in [-0.4, -0.2) is 42.5 Å². The average molecular weight is 267 g/mol. The second-order valence-electron chi connectivity index (χ2n) is 6.50. The quantitative estimate of drug-likeness (QED) is 0.732. The van der Waals surface area contributed by atoms with E-state index in [0.29, 0.717) is 5.92 Å². The molecule has 2 rings (SSSR count). The van der Waals surface area contributed by atoms with Crippen molar-refractivity contribution in [1.82, 2.24) is 10.2 Å². The van der Waals surface area contributed by atoms with Crippen LogP contribution in [0.2, 0.25) is 0 Å². The Morgan fingerprint density at radius 2 is 1.95 bits per heavy atom. The van der Waals surface area contributed by atoms with Crippen LogP contribution in [-0.2, 0) is 4.79 Å². The van der Waals surface area contributed by atoms with E-state index < -0.39 is 5.54 Å². The van der Waals surface area contributed by atoms with Crippen LogP contribution >= 0.6 is 0 Å². The Morgan fingerprint density at radius 1 is 1.32 bits per heavy atom. The highest BCUT2D eigenvalue weighted by atomic mass is 16.1. The van der Waals surface area contributed by atoms with Gasteiger partial charge in [0.1, 0.15) is 5.54 Å². The number of likely N-dealkylation sites (tertiary alicyclic amines) is 1. The number of rotatable bonds is 7. The van der Waals surface area contributed by atoms with Crippen LogP contribution in [0.4, 0.5) is 0 Å². The smallest absolute Gasteiger partial charge is 0.239 e. The fraction of sp³-hybridized carbons (Fsp3) is 0.933. The van der Waals surface area contributed by atoms with Crippen molar-refractivity contribution < 1.29 is 4.79 Å². The predicted octanol–water partition coefficient (Wildman–Crippen LogP) is 1.35.